The smallest absolute Gasteiger partial charge is 0.109 e. The number of halogens is 1. The van der Waals surface area contributed by atoms with Crippen LogP contribution in [0, 0.1) is 6.92 Å². The van der Waals surface area contributed by atoms with Gasteiger partial charge in [-0.25, -0.2) is 4.39 Å². The van der Waals surface area contributed by atoms with Crippen molar-refractivity contribution in [1.82, 2.24) is 19.6 Å². The number of alkyl halides is 1. The third kappa shape index (κ3) is 2.69. The molecule has 0 radical (unpaired) electrons. The summed E-state index contributed by atoms with van der Waals surface area (Å²) < 4.78 is 15.8. The molecular weight excluding hydrogens is 233 g/mol. The zero-order valence-corrected chi connectivity index (χ0v) is 10.7. The van der Waals surface area contributed by atoms with Gasteiger partial charge in [-0.1, -0.05) is 0 Å². The van der Waals surface area contributed by atoms with E-state index < -0.39 is 6.67 Å². The highest BCUT2D eigenvalue weighted by Crippen LogP contribution is 2.14. The van der Waals surface area contributed by atoms with Crippen LogP contribution in [-0.2, 0) is 19.6 Å². The standard InChI is InChI=1S/C12H18FN5/c1-3-17-9-11(7-15-17)6-14-12-8-16-18(5-4-13)10(12)2/h7-9,14H,3-6H2,1-2H3. The van der Waals surface area contributed by atoms with Crippen LogP contribution in [0.4, 0.5) is 10.1 Å². The summed E-state index contributed by atoms with van der Waals surface area (Å²) in [6, 6.07) is 0. The van der Waals surface area contributed by atoms with Crippen LogP contribution in [0.15, 0.2) is 18.6 Å². The van der Waals surface area contributed by atoms with Crippen LogP contribution in [0.25, 0.3) is 0 Å². The topological polar surface area (TPSA) is 47.7 Å². The first-order chi connectivity index (χ1) is 8.74. The Morgan fingerprint density at radius 3 is 2.83 bits per heavy atom. The Kier molecular flexibility index (Phi) is 3.96. The fourth-order valence-electron chi connectivity index (χ4n) is 1.79. The average Bonchev–Trinajstić information content (AvgIpc) is 2.96. The largest absolute Gasteiger partial charge is 0.378 e. The first-order valence-corrected chi connectivity index (χ1v) is 6.08. The van der Waals surface area contributed by atoms with Crippen molar-refractivity contribution in [2.45, 2.75) is 33.5 Å². The summed E-state index contributed by atoms with van der Waals surface area (Å²) in [6.45, 7) is 5.46. The second kappa shape index (κ2) is 5.66. The van der Waals surface area contributed by atoms with Gasteiger partial charge in [-0.05, 0) is 13.8 Å². The molecule has 2 aromatic heterocycles. The number of aromatic nitrogens is 4. The maximum atomic E-state index is 12.3. The maximum Gasteiger partial charge on any atom is 0.109 e. The van der Waals surface area contributed by atoms with Crippen molar-refractivity contribution in [1.29, 1.82) is 0 Å². The summed E-state index contributed by atoms with van der Waals surface area (Å²) in [7, 11) is 0. The van der Waals surface area contributed by atoms with E-state index in [9.17, 15) is 4.39 Å². The molecule has 2 rings (SSSR count). The lowest BCUT2D eigenvalue weighted by molar-refractivity contribution is 0.423. The number of anilines is 1. The van der Waals surface area contributed by atoms with E-state index in [1.807, 2.05) is 24.0 Å². The lowest BCUT2D eigenvalue weighted by Crippen LogP contribution is -2.05. The Hall–Kier alpha value is -1.85. The Morgan fingerprint density at radius 2 is 2.17 bits per heavy atom. The molecule has 2 heterocycles. The third-order valence-corrected chi connectivity index (χ3v) is 2.89. The summed E-state index contributed by atoms with van der Waals surface area (Å²) in [5, 5.41) is 11.6. The Labute approximate surface area is 106 Å². The van der Waals surface area contributed by atoms with Crippen molar-refractivity contribution in [3.05, 3.63) is 29.8 Å². The molecule has 2 aromatic rings. The van der Waals surface area contributed by atoms with Crippen molar-refractivity contribution in [3.63, 3.8) is 0 Å². The summed E-state index contributed by atoms with van der Waals surface area (Å²) in [5.74, 6) is 0. The van der Waals surface area contributed by atoms with Crippen LogP contribution in [0.3, 0.4) is 0 Å². The molecule has 0 aromatic carbocycles. The fourth-order valence-corrected chi connectivity index (χ4v) is 1.79. The summed E-state index contributed by atoms with van der Waals surface area (Å²) in [4.78, 5) is 0. The van der Waals surface area contributed by atoms with E-state index in [1.54, 1.807) is 10.9 Å². The quantitative estimate of drug-likeness (QED) is 0.854. The molecule has 0 saturated heterocycles. The van der Waals surface area contributed by atoms with Gasteiger partial charge in [0.25, 0.3) is 0 Å². The SMILES string of the molecule is CCn1cc(CNc2cnn(CCF)c2C)cn1. The summed E-state index contributed by atoms with van der Waals surface area (Å²) >= 11 is 0. The van der Waals surface area contributed by atoms with Gasteiger partial charge < -0.3 is 5.32 Å². The van der Waals surface area contributed by atoms with E-state index in [0.717, 1.165) is 23.5 Å². The number of nitrogens with zero attached hydrogens (tertiary/aromatic N) is 4. The predicted octanol–water partition coefficient (Wildman–Crippen LogP) is 1.99. The van der Waals surface area contributed by atoms with Gasteiger partial charge in [-0.3, -0.25) is 9.36 Å². The molecule has 0 atom stereocenters. The molecule has 0 unspecified atom stereocenters. The first kappa shape index (κ1) is 12.6. The molecule has 5 nitrogen and oxygen atoms in total. The fraction of sp³-hybridized carbons (Fsp3) is 0.500. The maximum absolute atomic E-state index is 12.3. The normalized spacial score (nSPS) is 10.8. The second-order valence-corrected chi connectivity index (χ2v) is 4.11. The third-order valence-electron chi connectivity index (χ3n) is 2.89. The van der Waals surface area contributed by atoms with Gasteiger partial charge in [0.05, 0.1) is 30.3 Å². The van der Waals surface area contributed by atoms with Gasteiger partial charge in [0.1, 0.15) is 6.67 Å². The first-order valence-electron chi connectivity index (χ1n) is 6.08. The van der Waals surface area contributed by atoms with Crippen molar-refractivity contribution >= 4 is 5.69 Å². The molecule has 0 spiro atoms. The monoisotopic (exact) mass is 251 g/mol. The molecule has 0 fully saturated rings. The molecule has 0 aliphatic carbocycles. The molecule has 0 aliphatic rings. The van der Waals surface area contributed by atoms with Gasteiger partial charge >= 0.3 is 0 Å². The molecule has 0 aliphatic heterocycles. The van der Waals surface area contributed by atoms with Crippen LogP contribution in [-0.4, -0.2) is 26.2 Å². The highest BCUT2D eigenvalue weighted by Gasteiger charge is 2.06. The molecule has 18 heavy (non-hydrogen) atoms. The van der Waals surface area contributed by atoms with Crippen LogP contribution in [0.2, 0.25) is 0 Å². The van der Waals surface area contributed by atoms with Gasteiger partial charge in [0.15, 0.2) is 0 Å². The second-order valence-electron chi connectivity index (χ2n) is 4.11. The molecule has 0 saturated carbocycles. The van der Waals surface area contributed by atoms with Crippen LogP contribution in [0.5, 0.6) is 0 Å². The van der Waals surface area contributed by atoms with Crippen molar-refractivity contribution in [2.75, 3.05) is 12.0 Å². The Balaban J connectivity index is 1.97. The van der Waals surface area contributed by atoms with Crippen LogP contribution < -0.4 is 5.32 Å². The lowest BCUT2D eigenvalue weighted by atomic mass is 10.3. The minimum atomic E-state index is -0.398. The van der Waals surface area contributed by atoms with E-state index in [2.05, 4.69) is 22.4 Å². The Morgan fingerprint density at radius 1 is 1.33 bits per heavy atom. The Bertz CT molecular complexity index is 502. The van der Waals surface area contributed by atoms with Crippen LogP contribution >= 0.6 is 0 Å². The number of nitrogens with one attached hydrogen (secondary N) is 1. The predicted molar refractivity (Wildman–Crippen MR) is 68.2 cm³/mol. The lowest BCUT2D eigenvalue weighted by Gasteiger charge is -2.05. The minimum absolute atomic E-state index is 0.307. The van der Waals surface area contributed by atoms with E-state index in [-0.39, 0.29) is 0 Å². The number of hydrogen-bond donors (Lipinski definition) is 1. The molecule has 6 heteroatoms. The molecule has 0 amide bonds. The average molecular weight is 251 g/mol. The van der Waals surface area contributed by atoms with Gasteiger partial charge in [0.2, 0.25) is 0 Å². The van der Waals surface area contributed by atoms with Crippen molar-refractivity contribution in [2.24, 2.45) is 0 Å². The van der Waals surface area contributed by atoms with Gasteiger partial charge in [-0.15, -0.1) is 0 Å². The van der Waals surface area contributed by atoms with E-state index in [4.69, 9.17) is 0 Å². The molecule has 98 valence electrons. The molecular formula is C12H18FN5. The van der Waals surface area contributed by atoms with Crippen molar-refractivity contribution < 1.29 is 4.39 Å². The van der Waals surface area contributed by atoms with E-state index in [0.29, 0.717) is 13.1 Å². The van der Waals surface area contributed by atoms with E-state index in [1.165, 1.54) is 0 Å². The highest BCUT2D eigenvalue weighted by atomic mass is 19.1. The summed E-state index contributed by atoms with van der Waals surface area (Å²) in [5.41, 5.74) is 3.01. The number of hydrogen-bond acceptors (Lipinski definition) is 3. The van der Waals surface area contributed by atoms with Gasteiger partial charge in [-0.2, -0.15) is 10.2 Å². The zero-order valence-electron chi connectivity index (χ0n) is 10.7. The number of rotatable bonds is 6. The number of aryl methyl sites for hydroxylation is 2. The molecule has 1 N–H and O–H groups in total. The van der Waals surface area contributed by atoms with Gasteiger partial charge in [0, 0.05) is 24.8 Å². The highest BCUT2D eigenvalue weighted by molar-refractivity contribution is 5.46. The summed E-state index contributed by atoms with van der Waals surface area (Å²) in [6.07, 6.45) is 5.58. The molecule has 0 bridgehead atoms. The minimum Gasteiger partial charge on any atom is -0.378 e. The zero-order chi connectivity index (χ0) is 13.0. The van der Waals surface area contributed by atoms with E-state index >= 15 is 0 Å². The van der Waals surface area contributed by atoms with Crippen LogP contribution in [0.1, 0.15) is 18.2 Å². The van der Waals surface area contributed by atoms with Crippen molar-refractivity contribution in [3.8, 4) is 0 Å².